The molecule has 0 unspecified atom stereocenters. The number of aryl methyl sites for hydroxylation is 1. The molecule has 0 spiro atoms. The normalized spacial score (nSPS) is 13.4. The van der Waals surface area contributed by atoms with Crippen LogP contribution in [0, 0.1) is 6.92 Å². The van der Waals surface area contributed by atoms with Crippen LogP contribution >= 0.6 is 0 Å². The molecule has 1 aliphatic heterocycles. The molecule has 0 atom stereocenters. The number of benzene rings is 2. The number of allylic oxidation sites excluding steroid dienone is 3. The highest BCUT2D eigenvalue weighted by atomic mass is 19.4. The number of amides is 2. The Morgan fingerprint density at radius 1 is 1.05 bits per heavy atom. The summed E-state index contributed by atoms with van der Waals surface area (Å²) < 4.78 is 43.9. The molecule has 0 radical (unpaired) electrons. The molecule has 12 heteroatoms. The molecule has 1 aliphatic rings. The number of alkyl halides is 3. The number of nitrogens with one attached hydrogen (secondary N) is 2. The van der Waals surface area contributed by atoms with E-state index < -0.39 is 17.8 Å². The van der Waals surface area contributed by atoms with E-state index in [1.807, 2.05) is 64.9 Å². The molecular formula is C32H31F3N8O. The zero-order valence-electron chi connectivity index (χ0n) is 24.4. The van der Waals surface area contributed by atoms with Crippen LogP contribution in [0.3, 0.4) is 0 Å². The van der Waals surface area contributed by atoms with Gasteiger partial charge in [0.1, 0.15) is 11.6 Å². The molecule has 2 aromatic heterocycles. The summed E-state index contributed by atoms with van der Waals surface area (Å²) >= 11 is 0. The van der Waals surface area contributed by atoms with E-state index in [2.05, 4.69) is 25.6 Å². The lowest BCUT2D eigenvalue weighted by atomic mass is 10.1. The summed E-state index contributed by atoms with van der Waals surface area (Å²) in [6, 6.07) is 10.2. The molecule has 0 bridgehead atoms. The zero-order chi connectivity index (χ0) is 31.3. The van der Waals surface area contributed by atoms with Crippen molar-refractivity contribution in [3.8, 4) is 0 Å². The molecular weight excluding hydrogens is 569 g/mol. The first-order chi connectivity index (χ1) is 21.1. The van der Waals surface area contributed by atoms with E-state index in [1.54, 1.807) is 43.0 Å². The Bertz CT molecular complexity index is 1780. The maximum Gasteiger partial charge on any atom is 0.416 e. The minimum Gasteiger partial charge on any atom is -0.376 e. The van der Waals surface area contributed by atoms with Crippen LogP contribution in [0.2, 0.25) is 0 Å². The fourth-order valence-electron chi connectivity index (χ4n) is 4.75. The van der Waals surface area contributed by atoms with Crippen LogP contribution in [0.4, 0.5) is 29.3 Å². The Labute approximate surface area is 252 Å². The lowest BCUT2D eigenvalue weighted by Gasteiger charge is -2.19. The van der Waals surface area contributed by atoms with Crippen LogP contribution in [-0.2, 0) is 12.7 Å². The lowest BCUT2D eigenvalue weighted by molar-refractivity contribution is -0.138. The van der Waals surface area contributed by atoms with Crippen molar-refractivity contribution in [3.05, 3.63) is 114 Å². The molecule has 0 fully saturated rings. The van der Waals surface area contributed by atoms with Crippen molar-refractivity contribution in [2.75, 3.05) is 24.7 Å². The van der Waals surface area contributed by atoms with Crippen molar-refractivity contribution in [2.45, 2.75) is 26.1 Å². The number of carbonyl (C=O) groups is 1. The van der Waals surface area contributed by atoms with Gasteiger partial charge in [-0.3, -0.25) is 4.99 Å². The molecule has 2 N–H and O–H groups in total. The quantitative estimate of drug-likeness (QED) is 0.228. The molecule has 4 aromatic rings. The predicted molar refractivity (Wildman–Crippen MR) is 167 cm³/mol. The summed E-state index contributed by atoms with van der Waals surface area (Å²) in [5.74, 6) is 1.62. The van der Waals surface area contributed by atoms with E-state index in [-0.39, 0.29) is 11.3 Å². The highest BCUT2D eigenvalue weighted by Gasteiger charge is 2.32. The fraction of sp³-hybridized carbons (Fsp3) is 0.188. The third-order valence-corrected chi connectivity index (χ3v) is 6.91. The van der Waals surface area contributed by atoms with Gasteiger partial charge in [0.15, 0.2) is 0 Å². The zero-order valence-corrected chi connectivity index (χ0v) is 24.4. The number of carbonyl (C=O) groups excluding carboxylic acids is 1. The Morgan fingerprint density at radius 3 is 2.59 bits per heavy atom. The molecule has 2 aromatic carbocycles. The van der Waals surface area contributed by atoms with Gasteiger partial charge in [0.25, 0.3) is 0 Å². The lowest BCUT2D eigenvalue weighted by Crippen LogP contribution is -2.20. The summed E-state index contributed by atoms with van der Waals surface area (Å²) in [6.45, 7) is 1.86. The van der Waals surface area contributed by atoms with Crippen molar-refractivity contribution in [1.29, 1.82) is 0 Å². The number of imidazole rings is 2. The van der Waals surface area contributed by atoms with Gasteiger partial charge in [0, 0.05) is 80.0 Å². The smallest absolute Gasteiger partial charge is 0.376 e. The number of rotatable bonds is 8. The maximum absolute atomic E-state index is 13.3. The summed E-state index contributed by atoms with van der Waals surface area (Å²) in [4.78, 5) is 27.9. The molecule has 0 saturated carbocycles. The Hall–Kier alpha value is -5.39. The third kappa shape index (κ3) is 7.14. The van der Waals surface area contributed by atoms with Gasteiger partial charge in [0.2, 0.25) is 0 Å². The molecule has 2 amide bonds. The average molecular weight is 601 g/mol. The molecule has 226 valence electrons. The van der Waals surface area contributed by atoms with Crippen LogP contribution in [-0.4, -0.2) is 50.3 Å². The minimum atomic E-state index is -4.52. The van der Waals surface area contributed by atoms with Crippen LogP contribution < -0.4 is 10.6 Å². The Morgan fingerprint density at radius 2 is 1.82 bits per heavy atom. The van der Waals surface area contributed by atoms with E-state index in [9.17, 15) is 18.0 Å². The molecule has 0 aliphatic carbocycles. The second-order valence-corrected chi connectivity index (χ2v) is 10.3. The molecule has 0 saturated heterocycles. The van der Waals surface area contributed by atoms with Crippen LogP contribution in [0.15, 0.2) is 90.6 Å². The largest absolute Gasteiger partial charge is 0.416 e. The fourth-order valence-corrected chi connectivity index (χ4v) is 4.75. The van der Waals surface area contributed by atoms with Gasteiger partial charge >= 0.3 is 12.2 Å². The highest BCUT2D eigenvalue weighted by molar-refractivity contribution is 6.00. The first-order valence-corrected chi connectivity index (χ1v) is 13.7. The number of anilines is 2. The Kier molecular flexibility index (Phi) is 8.79. The van der Waals surface area contributed by atoms with Gasteiger partial charge in [0.05, 0.1) is 17.8 Å². The number of hydrogen-bond acceptors (Lipinski definition) is 5. The Balaban J connectivity index is 1.34. The van der Waals surface area contributed by atoms with Crippen molar-refractivity contribution in [2.24, 2.45) is 4.99 Å². The topological polar surface area (TPSA) is 92.4 Å². The van der Waals surface area contributed by atoms with Crippen LogP contribution in [0.1, 0.15) is 34.8 Å². The highest BCUT2D eigenvalue weighted by Crippen LogP contribution is 2.33. The van der Waals surface area contributed by atoms with Crippen molar-refractivity contribution >= 4 is 41.1 Å². The van der Waals surface area contributed by atoms with Gasteiger partial charge in [-0.2, -0.15) is 13.2 Å². The molecule has 9 nitrogen and oxygen atoms in total. The van der Waals surface area contributed by atoms with Gasteiger partial charge in [-0.05, 0) is 49.2 Å². The second kappa shape index (κ2) is 12.9. The third-order valence-electron chi connectivity index (χ3n) is 6.91. The summed E-state index contributed by atoms with van der Waals surface area (Å²) in [6.07, 6.45) is 12.9. The first-order valence-electron chi connectivity index (χ1n) is 13.7. The van der Waals surface area contributed by atoms with E-state index in [0.29, 0.717) is 12.2 Å². The summed E-state index contributed by atoms with van der Waals surface area (Å²) in [5.41, 5.74) is 2.48. The number of urea groups is 1. The number of aliphatic imine (C=N–C) groups is 1. The SMILES string of the molecule is Cc1ccc(NC(=O)Nc2cccc(/C(=C/n3ccnc3Cn3ccnc3C3=CC=NC=CC3)N(C)C)c2)cc1C(F)(F)F. The average Bonchev–Trinajstić information content (AvgIpc) is 3.53. The number of nitrogens with zero attached hydrogens (tertiary/aromatic N) is 6. The van der Waals surface area contributed by atoms with Crippen molar-refractivity contribution < 1.29 is 18.0 Å². The van der Waals surface area contributed by atoms with Crippen molar-refractivity contribution in [1.82, 2.24) is 24.0 Å². The number of halogens is 3. The van der Waals surface area contributed by atoms with Crippen LogP contribution in [0.25, 0.3) is 17.5 Å². The molecule has 5 rings (SSSR count). The maximum atomic E-state index is 13.3. The van der Waals surface area contributed by atoms with Gasteiger partial charge in [-0.15, -0.1) is 0 Å². The predicted octanol–water partition coefficient (Wildman–Crippen LogP) is 6.99. The second-order valence-electron chi connectivity index (χ2n) is 10.3. The first kappa shape index (κ1) is 30.1. The van der Waals surface area contributed by atoms with Gasteiger partial charge in [-0.1, -0.05) is 24.3 Å². The molecule has 3 heterocycles. The number of hydrogen-bond donors (Lipinski definition) is 2. The van der Waals surface area contributed by atoms with E-state index in [4.69, 9.17) is 0 Å². The standard InChI is InChI=1S/C32H31F3N8O/c1-22-9-10-26(19-27(22)32(33,34)35)40-31(44)39-25-8-4-6-24(18-25)28(41(2)3)20-42-16-14-37-29(42)21-43-17-15-38-30(43)23-7-5-12-36-13-11-23/h4-6,8-20H,7,21H2,1-3H3,(H2,39,40,44)/b28-20-. The van der Waals surface area contributed by atoms with E-state index in [1.165, 1.54) is 19.1 Å². The van der Waals surface area contributed by atoms with Crippen molar-refractivity contribution in [3.63, 3.8) is 0 Å². The minimum absolute atomic E-state index is 0.0408. The monoisotopic (exact) mass is 600 g/mol. The number of aromatic nitrogens is 4. The molecule has 44 heavy (non-hydrogen) atoms. The van der Waals surface area contributed by atoms with Crippen LogP contribution in [0.5, 0.6) is 0 Å². The van der Waals surface area contributed by atoms with Gasteiger partial charge in [-0.25, -0.2) is 14.8 Å². The summed E-state index contributed by atoms with van der Waals surface area (Å²) in [7, 11) is 3.82. The summed E-state index contributed by atoms with van der Waals surface area (Å²) in [5, 5.41) is 5.20. The van der Waals surface area contributed by atoms with E-state index >= 15 is 0 Å². The van der Waals surface area contributed by atoms with Gasteiger partial charge < -0.3 is 24.7 Å². The van der Waals surface area contributed by atoms with E-state index in [0.717, 1.165) is 41.0 Å².